The number of pyridine rings is 1. The highest BCUT2D eigenvalue weighted by Gasteiger charge is 2.04. The molecular formula is C22H14BrNO. The lowest BCUT2D eigenvalue weighted by Crippen LogP contribution is -1.97. The van der Waals surface area contributed by atoms with Crippen LogP contribution < -0.4 is 0 Å². The number of rotatable bonds is 3. The third-order valence-electron chi connectivity index (χ3n) is 4.16. The van der Waals surface area contributed by atoms with Crippen molar-refractivity contribution < 1.29 is 4.79 Å². The molecule has 1 heterocycles. The number of nitrogens with zero attached hydrogens (tertiary/aromatic N) is 1. The summed E-state index contributed by atoms with van der Waals surface area (Å²) >= 11 is 3.29. The van der Waals surface area contributed by atoms with E-state index in [4.69, 9.17) is 0 Å². The molecule has 0 N–H and O–H groups in total. The molecule has 0 bridgehead atoms. The molecule has 0 aliphatic carbocycles. The number of fused-ring (bicyclic) bond motifs is 3. The maximum absolute atomic E-state index is 12.2. The molecule has 0 atom stereocenters. The van der Waals surface area contributed by atoms with Crippen LogP contribution in [-0.4, -0.2) is 10.8 Å². The molecule has 0 aliphatic heterocycles. The first kappa shape index (κ1) is 15.7. The van der Waals surface area contributed by atoms with Gasteiger partial charge in [-0.3, -0.25) is 4.79 Å². The zero-order chi connectivity index (χ0) is 17.2. The van der Waals surface area contributed by atoms with Gasteiger partial charge in [0.2, 0.25) is 5.78 Å². The Morgan fingerprint density at radius 3 is 2.52 bits per heavy atom. The lowest BCUT2D eigenvalue weighted by Gasteiger charge is -2.04. The van der Waals surface area contributed by atoms with E-state index in [-0.39, 0.29) is 5.78 Å². The Morgan fingerprint density at radius 2 is 1.64 bits per heavy atom. The van der Waals surface area contributed by atoms with E-state index < -0.39 is 0 Å². The van der Waals surface area contributed by atoms with E-state index in [1.165, 1.54) is 16.2 Å². The van der Waals surface area contributed by atoms with Crippen molar-refractivity contribution in [1.82, 2.24) is 4.98 Å². The zero-order valence-electron chi connectivity index (χ0n) is 13.3. The van der Waals surface area contributed by atoms with E-state index in [2.05, 4.69) is 63.4 Å². The van der Waals surface area contributed by atoms with Crippen molar-refractivity contribution in [1.29, 1.82) is 0 Å². The van der Waals surface area contributed by atoms with E-state index in [9.17, 15) is 4.79 Å². The topological polar surface area (TPSA) is 30.0 Å². The summed E-state index contributed by atoms with van der Waals surface area (Å²) in [6.07, 6.45) is 3.40. The van der Waals surface area contributed by atoms with Gasteiger partial charge in [-0.2, -0.15) is 0 Å². The zero-order valence-corrected chi connectivity index (χ0v) is 14.9. The Morgan fingerprint density at radius 1 is 0.840 bits per heavy atom. The second kappa shape index (κ2) is 6.61. The number of hydrogen-bond acceptors (Lipinski definition) is 2. The molecule has 0 saturated carbocycles. The monoisotopic (exact) mass is 387 g/mol. The highest BCUT2D eigenvalue weighted by atomic mass is 79.9. The molecule has 0 saturated heterocycles. The van der Waals surface area contributed by atoms with E-state index in [1.807, 2.05) is 18.2 Å². The molecule has 0 radical (unpaired) electrons. The largest absolute Gasteiger partial charge is 0.288 e. The number of hydrogen-bond donors (Lipinski definition) is 0. The number of halogens is 1. The van der Waals surface area contributed by atoms with E-state index >= 15 is 0 Å². The van der Waals surface area contributed by atoms with Gasteiger partial charge in [0.1, 0.15) is 10.3 Å². The molecule has 3 aromatic carbocycles. The van der Waals surface area contributed by atoms with Gasteiger partial charge in [-0.05, 0) is 67.3 Å². The Hall–Kier alpha value is -2.78. The van der Waals surface area contributed by atoms with E-state index in [0.717, 1.165) is 10.9 Å². The maximum atomic E-state index is 12.2. The van der Waals surface area contributed by atoms with Crippen LogP contribution in [-0.2, 0) is 0 Å². The van der Waals surface area contributed by atoms with Crippen molar-refractivity contribution in [2.75, 3.05) is 0 Å². The summed E-state index contributed by atoms with van der Waals surface area (Å²) in [5.74, 6) is -0.111. The molecule has 120 valence electrons. The van der Waals surface area contributed by atoms with Gasteiger partial charge in [-0.1, -0.05) is 60.7 Å². The quantitative estimate of drug-likeness (QED) is 0.185. The summed E-state index contributed by atoms with van der Waals surface area (Å²) in [4.78, 5) is 16.4. The van der Waals surface area contributed by atoms with Gasteiger partial charge in [0.25, 0.3) is 0 Å². The predicted octanol–water partition coefficient (Wildman–Crippen LogP) is 6.05. The Kier molecular flexibility index (Phi) is 4.16. The molecule has 1 aromatic heterocycles. The SMILES string of the molecule is O=C(/C=C/c1ccc2c(ccc3ccccc32)c1)c1cccc(Br)n1. The lowest BCUT2D eigenvalue weighted by molar-refractivity contribution is 0.104. The van der Waals surface area contributed by atoms with Crippen LogP contribution >= 0.6 is 15.9 Å². The second-order valence-corrected chi connectivity index (χ2v) is 6.62. The van der Waals surface area contributed by atoms with Gasteiger partial charge >= 0.3 is 0 Å². The number of allylic oxidation sites excluding steroid dienone is 1. The van der Waals surface area contributed by atoms with E-state index in [1.54, 1.807) is 24.3 Å². The highest BCUT2D eigenvalue weighted by molar-refractivity contribution is 9.10. The Bertz CT molecular complexity index is 1130. The van der Waals surface area contributed by atoms with Crippen LogP contribution in [0.1, 0.15) is 16.1 Å². The summed E-state index contributed by atoms with van der Waals surface area (Å²) < 4.78 is 0.657. The standard InChI is InChI=1S/C22H14BrNO/c23-22-7-3-6-20(24-22)21(25)13-9-15-8-12-19-17(14-15)11-10-16-4-1-2-5-18(16)19/h1-14H/b13-9+. The van der Waals surface area contributed by atoms with Gasteiger partial charge in [-0.15, -0.1) is 0 Å². The summed E-state index contributed by atoms with van der Waals surface area (Å²) in [7, 11) is 0. The third kappa shape index (κ3) is 3.24. The van der Waals surface area contributed by atoms with Gasteiger partial charge in [0.05, 0.1) is 0 Å². The summed E-state index contributed by atoms with van der Waals surface area (Å²) in [5, 5.41) is 4.85. The van der Waals surface area contributed by atoms with Crippen LogP contribution in [0.25, 0.3) is 27.6 Å². The van der Waals surface area contributed by atoms with Crippen molar-refractivity contribution in [3.05, 3.63) is 94.7 Å². The first-order chi connectivity index (χ1) is 12.2. The predicted molar refractivity (Wildman–Crippen MR) is 107 cm³/mol. The second-order valence-electron chi connectivity index (χ2n) is 5.81. The average Bonchev–Trinajstić information content (AvgIpc) is 2.65. The number of benzene rings is 3. The number of carbonyl (C=O) groups excluding carboxylic acids is 1. The minimum absolute atomic E-state index is 0.111. The van der Waals surface area contributed by atoms with E-state index in [0.29, 0.717) is 10.3 Å². The molecular weight excluding hydrogens is 374 g/mol. The first-order valence-electron chi connectivity index (χ1n) is 7.97. The molecule has 0 fully saturated rings. The molecule has 2 nitrogen and oxygen atoms in total. The molecule has 0 amide bonds. The van der Waals surface area contributed by atoms with Crippen molar-refractivity contribution in [2.45, 2.75) is 0 Å². The van der Waals surface area contributed by atoms with Crippen molar-refractivity contribution in [3.8, 4) is 0 Å². The summed E-state index contributed by atoms with van der Waals surface area (Å²) in [5.41, 5.74) is 1.42. The fourth-order valence-corrected chi connectivity index (χ4v) is 3.28. The van der Waals surface area contributed by atoms with Gasteiger partial charge in [0.15, 0.2) is 0 Å². The smallest absolute Gasteiger partial charge is 0.204 e. The first-order valence-corrected chi connectivity index (χ1v) is 8.76. The molecule has 0 unspecified atom stereocenters. The Balaban J connectivity index is 1.68. The van der Waals surface area contributed by atoms with Crippen LogP contribution in [0.2, 0.25) is 0 Å². The van der Waals surface area contributed by atoms with Crippen molar-refractivity contribution >= 4 is 49.3 Å². The minimum Gasteiger partial charge on any atom is -0.288 e. The molecule has 25 heavy (non-hydrogen) atoms. The molecule has 4 aromatic rings. The van der Waals surface area contributed by atoms with Crippen LogP contribution in [0.15, 0.2) is 83.5 Å². The molecule has 0 aliphatic rings. The molecule has 3 heteroatoms. The molecule has 0 spiro atoms. The van der Waals surface area contributed by atoms with Gasteiger partial charge in [0, 0.05) is 0 Å². The minimum atomic E-state index is -0.111. The maximum Gasteiger partial charge on any atom is 0.204 e. The highest BCUT2D eigenvalue weighted by Crippen LogP contribution is 2.26. The number of carbonyl (C=O) groups is 1. The number of ketones is 1. The van der Waals surface area contributed by atoms with Crippen molar-refractivity contribution in [2.24, 2.45) is 0 Å². The summed E-state index contributed by atoms with van der Waals surface area (Å²) in [6.45, 7) is 0. The number of aromatic nitrogens is 1. The average molecular weight is 388 g/mol. The Labute approximate surface area is 154 Å². The summed E-state index contributed by atoms with van der Waals surface area (Å²) in [6, 6.07) is 24.2. The normalized spacial score (nSPS) is 11.4. The molecule has 4 rings (SSSR count). The van der Waals surface area contributed by atoms with Crippen molar-refractivity contribution in [3.63, 3.8) is 0 Å². The van der Waals surface area contributed by atoms with Crippen LogP contribution in [0, 0.1) is 0 Å². The fraction of sp³-hybridized carbons (Fsp3) is 0. The lowest BCUT2D eigenvalue weighted by atomic mass is 10.00. The van der Waals surface area contributed by atoms with Gasteiger partial charge < -0.3 is 0 Å². The van der Waals surface area contributed by atoms with Gasteiger partial charge in [-0.25, -0.2) is 4.98 Å². The fourth-order valence-electron chi connectivity index (χ4n) is 2.94. The van der Waals surface area contributed by atoms with Crippen LogP contribution in [0.4, 0.5) is 0 Å². The van der Waals surface area contributed by atoms with Crippen LogP contribution in [0.3, 0.4) is 0 Å². The third-order valence-corrected chi connectivity index (χ3v) is 4.61. The van der Waals surface area contributed by atoms with Crippen LogP contribution in [0.5, 0.6) is 0 Å².